The number of nitrogens with one attached hydrogen (secondary N) is 1. The van der Waals surface area contributed by atoms with Gasteiger partial charge in [0.05, 0.1) is 23.1 Å². The van der Waals surface area contributed by atoms with Gasteiger partial charge in [0.15, 0.2) is 11.5 Å². The van der Waals surface area contributed by atoms with E-state index in [1.54, 1.807) is 18.3 Å². The number of hydrogen-bond acceptors (Lipinski definition) is 9. The quantitative estimate of drug-likeness (QED) is 0.248. The summed E-state index contributed by atoms with van der Waals surface area (Å²) in [4.78, 5) is 33.6. The van der Waals surface area contributed by atoms with Crippen LogP contribution in [0.3, 0.4) is 0 Å². The molecule has 1 fully saturated rings. The van der Waals surface area contributed by atoms with Crippen LogP contribution in [0.15, 0.2) is 76.6 Å². The molecule has 202 valence electrons. The van der Waals surface area contributed by atoms with Gasteiger partial charge in [0.2, 0.25) is 6.79 Å². The number of nitrogens with zero attached hydrogens (tertiary/aromatic N) is 3. The summed E-state index contributed by atoms with van der Waals surface area (Å²) in [6.45, 7) is 2.40. The number of carbonyl (C=O) groups is 1. The van der Waals surface area contributed by atoms with E-state index in [4.69, 9.17) is 26.7 Å². The molecule has 2 aromatic heterocycles. The van der Waals surface area contributed by atoms with E-state index in [-0.39, 0.29) is 42.7 Å². The number of aliphatic hydroxyl groups is 1. The smallest absolute Gasteiger partial charge is 0.267 e. The molecular weight excluding hydrogens is 548 g/mol. The molecule has 0 aliphatic carbocycles. The van der Waals surface area contributed by atoms with Crippen LogP contribution in [0.2, 0.25) is 0 Å². The molecule has 0 radical (unpaired) electrons. The topological polar surface area (TPSA) is 105 Å². The van der Waals surface area contributed by atoms with Crippen molar-refractivity contribution in [2.24, 2.45) is 0 Å². The Labute approximate surface area is 239 Å². The molecule has 1 atom stereocenters. The summed E-state index contributed by atoms with van der Waals surface area (Å²) in [5.74, 6) is 1.25. The van der Waals surface area contributed by atoms with Crippen molar-refractivity contribution >= 4 is 51.7 Å². The van der Waals surface area contributed by atoms with Crippen molar-refractivity contribution in [2.45, 2.75) is 19.6 Å². The molecule has 1 amide bonds. The molecular formula is C29H24N4O5S2. The standard InChI is InChI=1S/C29H24N4O5S2/c1-17-6-5-11-32-26(17)31-25(30-14-21(34)19-7-3-2-4-8-19)20(27(32)35)13-24-28(36)33(29(39)40-24)15-18-9-10-22-23(12-18)38-16-37-22/h2-13,21,30,34H,14-16H2,1H3/b24-13-/t21-/m1/s1. The van der Waals surface area contributed by atoms with E-state index < -0.39 is 6.10 Å². The maximum Gasteiger partial charge on any atom is 0.267 e. The van der Waals surface area contributed by atoms with Gasteiger partial charge < -0.3 is 19.9 Å². The van der Waals surface area contributed by atoms with Crippen molar-refractivity contribution in [1.82, 2.24) is 14.3 Å². The summed E-state index contributed by atoms with van der Waals surface area (Å²) in [6, 6.07) is 18.3. The van der Waals surface area contributed by atoms with E-state index in [9.17, 15) is 14.7 Å². The second-order valence-corrected chi connectivity index (χ2v) is 11.0. The zero-order chi connectivity index (χ0) is 27.8. The first-order valence-corrected chi connectivity index (χ1v) is 13.7. The highest BCUT2D eigenvalue weighted by Crippen LogP contribution is 2.36. The molecule has 6 rings (SSSR count). The lowest BCUT2D eigenvalue weighted by Crippen LogP contribution is -2.27. The summed E-state index contributed by atoms with van der Waals surface area (Å²) in [7, 11) is 0. The fourth-order valence-electron chi connectivity index (χ4n) is 4.55. The highest BCUT2D eigenvalue weighted by molar-refractivity contribution is 8.26. The maximum absolute atomic E-state index is 13.7. The van der Waals surface area contributed by atoms with Crippen molar-refractivity contribution in [3.63, 3.8) is 0 Å². The Morgan fingerprint density at radius 2 is 1.93 bits per heavy atom. The molecule has 2 aromatic carbocycles. The van der Waals surface area contributed by atoms with Crippen LogP contribution in [0.1, 0.15) is 28.4 Å². The summed E-state index contributed by atoms with van der Waals surface area (Å²) >= 11 is 6.66. The Hall–Kier alpha value is -4.19. The fraction of sp³-hybridized carbons (Fsp3) is 0.172. The maximum atomic E-state index is 13.7. The second kappa shape index (κ2) is 10.8. The van der Waals surface area contributed by atoms with Gasteiger partial charge >= 0.3 is 0 Å². The highest BCUT2D eigenvalue weighted by Gasteiger charge is 2.33. The highest BCUT2D eigenvalue weighted by atomic mass is 32.2. The third-order valence-electron chi connectivity index (χ3n) is 6.66. The number of amides is 1. The zero-order valence-corrected chi connectivity index (χ0v) is 23.0. The molecule has 1 saturated heterocycles. The van der Waals surface area contributed by atoms with Gasteiger partial charge in [0, 0.05) is 12.7 Å². The molecule has 2 aliphatic rings. The minimum absolute atomic E-state index is 0.115. The lowest BCUT2D eigenvalue weighted by Gasteiger charge is -2.16. The van der Waals surface area contributed by atoms with Crippen LogP contribution < -0.4 is 20.3 Å². The Morgan fingerprint density at radius 1 is 1.12 bits per heavy atom. The first-order chi connectivity index (χ1) is 19.4. The number of benzene rings is 2. The molecule has 4 heterocycles. The van der Waals surface area contributed by atoms with Gasteiger partial charge in [0.25, 0.3) is 11.5 Å². The van der Waals surface area contributed by atoms with E-state index in [2.05, 4.69) is 5.32 Å². The lowest BCUT2D eigenvalue weighted by atomic mass is 10.1. The number of hydrogen-bond donors (Lipinski definition) is 2. The van der Waals surface area contributed by atoms with Crippen LogP contribution in [-0.2, 0) is 11.3 Å². The first-order valence-electron chi connectivity index (χ1n) is 12.5. The van der Waals surface area contributed by atoms with Gasteiger partial charge in [-0.1, -0.05) is 66.4 Å². The molecule has 0 bridgehead atoms. The van der Waals surface area contributed by atoms with E-state index in [0.717, 1.165) is 28.5 Å². The molecule has 9 nitrogen and oxygen atoms in total. The number of fused-ring (bicyclic) bond motifs is 2. The second-order valence-electron chi connectivity index (χ2n) is 9.33. The van der Waals surface area contributed by atoms with Gasteiger partial charge in [-0.15, -0.1) is 0 Å². The summed E-state index contributed by atoms with van der Waals surface area (Å²) in [5.41, 5.74) is 2.72. The number of aryl methyl sites for hydroxylation is 1. The Balaban J connectivity index is 1.33. The number of anilines is 1. The number of ether oxygens (including phenoxy) is 2. The largest absolute Gasteiger partial charge is 0.454 e. The van der Waals surface area contributed by atoms with Gasteiger partial charge in [-0.2, -0.15) is 0 Å². The van der Waals surface area contributed by atoms with Crippen LogP contribution in [0.5, 0.6) is 11.5 Å². The van der Waals surface area contributed by atoms with Gasteiger partial charge in [0.1, 0.15) is 15.8 Å². The minimum atomic E-state index is -0.828. The van der Waals surface area contributed by atoms with Crippen molar-refractivity contribution in [2.75, 3.05) is 18.7 Å². The molecule has 0 saturated carbocycles. The molecule has 0 spiro atoms. The summed E-state index contributed by atoms with van der Waals surface area (Å²) < 4.78 is 12.7. The summed E-state index contributed by atoms with van der Waals surface area (Å²) in [5, 5.41) is 13.9. The van der Waals surface area contributed by atoms with E-state index in [1.165, 1.54) is 15.4 Å². The zero-order valence-electron chi connectivity index (χ0n) is 21.4. The molecule has 40 heavy (non-hydrogen) atoms. The molecule has 11 heteroatoms. The number of thioether (sulfide) groups is 1. The molecule has 2 aliphatic heterocycles. The van der Waals surface area contributed by atoms with Crippen molar-refractivity contribution < 1.29 is 19.4 Å². The van der Waals surface area contributed by atoms with Crippen molar-refractivity contribution in [3.05, 3.63) is 104 Å². The Bertz CT molecular complexity index is 1740. The number of carbonyl (C=O) groups excluding carboxylic acids is 1. The number of aromatic nitrogens is 2. The summed E-state index contributed by atoms with van der Waals surface area (Å²) in [6.07, 6.45) is 2.34. The van der Waals surface area contributed by atoms with Crippen LogP contribution >= 0.6 is 24.0 Å². The van der Waals surface area contributed by atoms with Crippen molar-refractivity contribution in [1.29, 1.82) is 0 Å². The molecule has 4 aromatic rings. The van der Waals surface area contributed by atoms with Gasteiger partial charge in [-0.25, -0.2) is 4.98 Å². The third-order valence-corrected chi connectivity index (χ3v) is 8.04. The normalized spacial score (nSPS) is 16.2. The minimum Gasteiger partial charge on any atom is -0.454 e. The first kappa shape index (κ1) is 26.1. The molecule has 0 unspecified atom stereocenters. The Morgan fingerprint density at radius 3 is 2.75 bits per heavy atom. The fourth-order valence-corrected chi connectivity index (χ4v) is 5.79. The number of thiocarbonyl (C=S) groups is 1. The monoisotopic (exact) mass is 572 g/mol. The average Bonchev–Trinajstić information content (AvgIpc) is 3.54. The number of rotatable bonds is 7. The van der Waals surface area contributed by atoms with E-state index >= 15 is 0 Å². The van der Waals surface area contributed by atoms with Crippen LogP contribution in [0.25, 0.3) is 11.7 Å². The van der Waals surface area contributed by atoms with Crippen molar-refractivity contribution in [3.8, 4) is 11.5 Å². The predicted octanol–water partition coefficient (Wildman–Crippen LogP) is 4.28. The van der Waals surface area contributed by atoms with Gasteiger partial charge in [-0.05, 0) is 47.9 Å². The van der Waals surface area contributed by atoms with Crippen LogP contribution in [-0.4, -0.2) is 43.0 Å². The van der Waals surface area contributed by atoms with E-state index in [1.807, 2.05) is 55.5 Å². The van der Waals surface area contributed by atoms with Gasteiger partial charge in [-0.3, -0.25) is 18.9 Å². The lowest BCUT2D eigenvalue weighted by molar-refractivity contribution is -0.122. The number of pyridine rings is 1. The average molecular weight is 573 g/mol. The van der Waals surface area contributed by atoms with E-state index in [0.29, 0.717) is 26.4 Å². The Kier molecular flexibility index (Phi) is 7.01. The molecule has 2 N–H and O–H groups in total. The predicted molar refractivity (Wildman–Crippen MR) is 157 cm³/mol. The van der Waals surface area contributed by atoms with Crippen LogP contribution in [0.4, 0.5) is 5.82 Å². The third kappa shape index (κ3) is 4.94. The SMILES string of the molecule is Cc1cccn2c(=O)c(/C=C3\SC(=S)N(Cc4ccc5c(c4)OCO5)C3=O)c(NC[C@@H](O)c3ccccc3)nc12. The van der Waals surface area contributed by atoms with Crippen LogP contribution in [0, 0.1) is 6.92 Å². The number of aliphatic hydroxyl groups excluding tert-OH is 1.